The monoisotopic (exact) mass is 334 g/mol. The van der Waals surface area contributed by atoms with Gasteiger partial charge in [-0.15, -0.1) is 4.80 Å². The quantitative estimate of drug-likeness (QED) is 0.569. The van der Waals surface area contributed by atoms with Gasteiger partial charge in [0, 0.05) is 24.4 Å². The standard InChI is InChI=1S/C17H18N8/c1-11(2)24-12(3)22-15-10-19-14(9-16(15)24)8-13-4-5-18-17(23-13)25-20-6-7-21-25/h4-7,9-11H,8H2,1-3H3. The van der Waals surface area contributed by atoms with E-state index in [-0.39, 0.29) is 0 Å². The Bertz CT molecular complexity index is 1020. The predicted octanol–water partition coefficient (Wildman–Crippen LogP) is 2.28. The number of aromatic nitrogens is 8. The van der Waals surface area contributed by atoms with Gasteiger partial charge in [-0.3, -0.25) is 4.98 Å². The summed E-state index contributed by atoms with van der Waals surface area (Å²) in [7, 11) is 0. The van der Waals surface area contributed by atoms with Gasteiger partial charge in [0.25, 0.3) is 5.95 Å². The van der Waals surface area contributed by atoms with Crippen LogP contribution in [-0.4, -0.2) is 39.5 Å². The third-order valence-electron chi connectivity index (χ3n) is 3.99. The van der Waals surface area contributed by atoms with Crippen molar-refractivity contribution < 1.29 is 0 Å². The maximum Gasteiger partial charge on any atom is 0.268 e. The molecule has 4 heterocycles. The molecule has 25 heavy (non-hydrogen) atoms. The SMILES string of the molecule is Cc1nc2cnc(Cc3ccnc(-n4nccn4)n3)cc2n1C(C)C. The topological polar surface area (TPSA) is 87.2 Å². The Morgan fingerprint density at radius 1 is 1.00 bits per heavy atom. The highest BCUT2D eigenvalue weighted by molar-refractivity contribution is 5.75. The van der Waals surface area contributed by atoms with E-state index in [1.807, 2.05) is 19.2 Å². The van der Waals surface area contributed by atoms with Crippen molar-refractivity contribution in [3.63, 3.8) is 0 Å². The van der Waals surface area contributed by atoms with Crippen LogP contribution in [0.4, 0.5) is 0 Å². The van der Waals surface area contributed by atoms with E-state index in [9.17, 15) is 0 Å². The number of imidazole rings is 1. The van der Waals surface area contributed by atoms with E-state index in [4.69, 9.17) is 0 Å². The summed E-state index contributed by atoms with van der Waals surface area (Å²) in [5, 5.41) is 8.13. The third-order valence-corrected chi connectivity index (χ3v) is 3.99. The highest BCUT2D eigenvalue weighted by atomic mass is 15.5. The Kier molecular flexibility index (Phi) is 3.72. The summed E-state index contributed by atoms with van der Waals surface area (Å²) < 4.78 is 2.22. The highest BCUT2D eigenvalue weighted by Gasteiger charge is 2.12. The zero-order chi connectivity index (χ0) is 17.4. The molecule has 8 heteroatoms. The molecule has 0 aliphatic rings. The van der Waals surface area contributed by atoms with Gasteiger partial charge >= 0.3 is 0 Å². The van der Waals surface area contributed by atoms with Crippen LogP contribution < -0.4 is 0 Å². The summed E-state index contributed by atoms with van der Waals surface area (Å²) in [5.74, 6) is 1.45. The summed E-state index contributed by atoms with van der Waals surface area (Å²) in [6.07, 6.45) is 7.34. The molecular formula is C17H18N8. The molecule has 0 spiro atoms. The van der Waals surface area contributed by atoms with Crippen LogP contribution in [0.3, 0.4) is 0 Å². The van der Waals surface area contributed by atoms with Crippen molar-refractivity contribution in [1.29, 1.82) is 0 Å². The summed E-state index contributed by atoms with van der Waals surface area (Å²) in [6.45, 7) is 6.33. The predicted molar refractivity (Wildman–Crippen MR) is 92.4 cm³/mol. The molecule has 0 amide bonds. The van der Waals surface area contributed by atoms with Gasteiger partial charge in [0.2, 0.25) is 0 Å². The first-order valence-corrected chi connectivity index (χ1v) is 8.14. The van der Waals surface area contributed by atoms with E-state index >= 15 is 0 Å². The lowest BCUT2D eigenvalue weighted by Gasteiger charge is -2.11. The van der Waals surface area contributed by atoms with Gasteiger partial charge in [-0.2, -0.15) is 10.2 Å². The molecule has 0 aromatic carbocycles. The number of pyridine rings is 1. The Hall–Kier alpha value is -3.16. The summed E-state index contributed by atoms with van der Waals surface area (Å²) >= 11 is 0. The fraction of sp³-hybridized carbons (Fsp3) is 0.294. The third kappa shape index (κ3) is 2.86. The first kappa shape index (κ1) is 15.4. The maximum absolute atomic E-state index is 4.59. The molecule has 0 aliphatic heterocycles. The fourth-order valence-corrected chi connectivity index (χ4v) is 2.99. The second-order valence-corrected chi connectivity index (χ2v) is 6.13. The molecule has 4 rings (SSSR count). The van der Waals surface area contributed by atoms with E-state index in [1.165, 1.54) is 4.80 Å². The van der Waals surface area contributed by atoms with Gasteiger partial charge in [0.15, 0.2) is 0 Å². The Balaban J connectivity index is 1.69. The molecule has 0 atom stereocenters. The van der Waals surface area contributed by atoms with Gasteiger partial charge in [-0.25, -0.2) is 15.0 Å². The fourth-order valence-electron chi connectivity index (χ4n) is 2.99. The number of nitrogens with zero attached hydrogens (tertiary/aromatic N) is 8. The summed E-state index contributed by atoms with van der Waals surface area (Å²) in [4.78, 5) is 19.2. The average molecular weight is 334 g/mol. The van der Waals surface area contributed by atoms with Crippen molar-refractivity contribution >= 4 is 11.0 Å². The zero-order valence-electron chi connectivity index (χ0n) is 14.3. The first-order valence-electron chi connectivity index (χ1n) is 8.14. The van der Waals surface area contributed by atoms with Gasteiger partial charge in [-0.05, 0) is 32.9 Å². The molecule has 0 bridgehead atoms. The highest BCUT2D eigenvalue weighted by Crippen LogP contribution is 2.21. The molecule has 0 fully saturated rings. The molecule has 0 saturated heterocycles. The number of fused-ring (bicyclic) bond motifs is 1. The van der Waals surface area contributed by atoms with Crippen LogP contribution in [0.1, 0.15) is 37.1 Å². The van der Waals surface area contributed by atoms with Crippen molar-refractivity contribution in [3.05, 3.63) is 54.1 Å². The Morgan fingerprint density at radius 2 is 1.80 bits per heavy atom. The second kappa shape index (κ2) is 6.04. The van der Waals surface area contributed by atoms with Crippen LogP contribution in [0.2, 0.25) is 0 Å². The van der Waals surface area contributed by atoms with E-state index in [1.54, 1.807) is 18.6 Å². The van der Waals surface area contributed by atoms with Crippen molar-refractivity contribution in [2.24, 2.45) is 0 Å². The van der Waals surface area contributed by atoms with Crippen molar-refractivity contribution in [2.45, 2.75) is 33.2 Å². The van der Waals surface area contributed by atoms with Crippen LogP contribution in [0.25, 0.3) is 17.0 Å². The van der Waals surface area contributed by atoms with E-state index in [2.05, 4.69) is 54.6 Å². The number of hydrogen-bond donors (Lipinski definition) is 0. The molecule has 0 aliphatic carbocycles. The lowest BCUT2D eigenvalue weighted by Crippen LogP contribution is -2.07. The molecular weight excluding hydrogens is 316 g/mol. The van der Waals surface area contributed by atoms with Crippen LogP contribution in [0, 0.1) is 6.92 Å². The van der Waals surface area contributed by atoms with Gasteiger partial charge < -0.3 is 4.57 Å². The molecule has 0 radical (unpaired) electrons. The Morgan fingerprint density at radius 3 is 2.56 bits per heavy atom. The largest absolute Gasteiger partial charge is 0.326 e. The molecule has 4 aromatic heterocycles. The van der Waals surface area contributed by atoms with Crippen LogP contribution in [0.5, 0.6) is 0 Å². The summed E-state index contributed by atoms with van der Waals surface area (Å²) in [5.41, 5.74) is 3.81. The number of rotatable bonds is 4. The van der Waals surface area contributed by atoms with E-state index in [0.29, 0.717) is 18.4 Å². The summed E-state index contributed by atoms with van der Waals surface area (Å²) in [6, 6.07) is 4.31. The maximum atomic E-state index is 4.59. The van der Waals surface area contributed by atoms with Crippen LogP contribution in [0.15, 0.2) is 36.9 Å². The zero-order valence-corrected chi connectivity index (χ0v) is 14.3. The van der Waals surface area contributed by atoms with E-state index in [0.717, 1.165) is 28.2 Å². The van der Waals surface area contributed by atoms with Crippen LogP contribution >= 0.6 is 0 Å². The average Bonchev–Trinajstić information content (AvgIpc) is 3.21. The molecule has 4 aromatic rings. The smallest absolute Gasteiger partial charge is 0.268 e. The van der Waals surface area contributed by atoms with Gasteiger partial charge in [0.05, 0.1) is 29.8 Å². The van der Waals surface area contributed by atoms with E-state index < -0.39 is 0 Å². The minimum absolute atomic E-state index is 0.344. The van der Waals surface area contributed by atoms with Crippen molar-refractivity contribution in [3.8, 4) is 5.95 Å². The minimum atomic E-state index is 0.344. The van der Waals surface area contributed by atoms with Gasteiger partial charge in [-0.1, -0.05) is 0 Å². The number of aryl methyl sites for hydroxylation is 1. The van der Waals surface area contributed by atoms with Crippen molar-refractivity contribution in [2.75, 3.05) is 0 Å². The van der Waals surface area contributed by atoms with Crippen molar-refractivity contribution in [1.82, 2.24) is 39.5 Å². The Labute approximate surface area is 144 Å². The first-order chi connectivity index (χ1) is 12.1. The lowest BCUT2D eigenvalue weighted by atomic mass is 10.2. The minimum Gasteiger partial charge on any atom is -0.326 e. The lowest BCUT2D eigenvalue weighted by molar-refractivity contribution is 0.599. The second-order valence-electron chi connectivity index (χ2n) is 6.13. The molecule has 126 valence electrons. The normalized spacial score (nSPS) is 11.5. The van der Waals surface area contributed by atoms with Crippen LogP contribution in [-0.2, 0) is 6.42 Å². The molecule has 8 nitrogen and oxygen atoms in total. The van der Waals surface area contributed by atoms with Gasteiger partial charge in [0.1, 0.15) is 11.3 Å². The molecule has 0 saturated carbocycles. The molecule has 0 unspecified atom stereocenters. The molecule has 0 N–H and O–H groups in total. The number of hydrogen-bond acceptors (Lipinski definition) is 6.